The third-order valence-electron chi connectivity index (χ3n) is 4.19. The van der Waals surface area contributed by atoms with Crippen molar-refractivity contribution in [3.8, 4) is 0 Å². The van der Waals surface area contributed by atoms with E-state index >= 15 is 0 Å². The van der Waals surface area contributed by atoms with E-state index in [2.05, 4.69) is 0 Å². The summed E-state index contributed by atoms with van der Waals surface area (Å²) in [6.07, 6.45) is 1.67. The summed E-state index contributed by atoms with van der Waals surface area (Å²) in [6, 6.07) is 0. The fourth-order valence-corrected chi connectivity index (χ4v) is 3.72. The highest BCUT2D eigenvalue weighted by Crippen LogP contribution is 2.41. The van der Waals surface area contributed by atoms with Crippen LogP contribution >= 0.6 is 0 Å². The molecule has 0 atom stereocenters. The molecular weight excluding hydrogens is 299 g/mol. The number of likely N-dealkylation sites (tertiary alicyclic amines) is 1. The van der Waals surface area contributed by atoms with E-state index in [1.807, 2.05) is 20.8 Å². The Hall–Kier alpha value is -0.890. The van der Waals surface area contributed by atoms with Crippen LogP contribution < -0.4 is 0 Å². The first kappa shape index (κ1) is 16.5. The normalized spacial score (nSPS) is 23.5. The Labute approximate surface area is 125 Å². The minimum Gasteiger partial charge on any atom is -0.444 e. The lowest BCUT2D eigenvalue weighted by molar-refractivity contribution is 0.0115. The molecule has 1 spiro atoms. The Kier molecular flexibility index (Phi) is 4.23. The lowest BCUT2D eigenvalue weighted by Crippen LogP contribution is -2.46. The van der Waals surface area contributed by atoms with Crippen LogP contribution in [0.15, 0.2) is 0 Å². The van der Waals surface area contributed by atoms with E-state index in [0.29, 0.717) is 32.4 Å². The topological polar surface area (TPSA) is 66.9 Å². The highest BCUT2D eigenvalue weighted by molar-refractivity contribution is 7.83. The van der Waals surface area contributed by atoms with E-state index < -0.39 is 16.0 Å². The first-order chi connectivity index (χ1) is 9.51. The molecule has 0 unspecified atom stereocenters. The quantitative estimate of drug-likeness (QED) is 0.692. The molecule has 0 N–H and O–H groups in total. The van der Waals surface area contributed by atoms with Crippen LogP contribution in [0.2, 0.25) is 0 Å². The van der Waals surface area contributed by atoms with Gasteiger partial charge in [-0.15, -0.1) is 0 Å². The van der Waals surface area contributed by atoms with Crippen molar-refractivity contribution in [1.82, 2.24) is 9.21 Å². The lowest BCUT2D eigenvalue weighted by Gasteiger charge is -2.39. The molecule has 0 saturated carbocycles. The Bertz CT molecular complexity index is 507. The van der Waals surface area contributed by atoms with E-state index in [1.54, 1.807) is 4.90 Å². The number of nitrogens with zero attached hydrogens (tertiary/aromatic N) is 2. The second kappa shape index (κ2) is 5.39. The molecule has 2 aliphatic heterocycles. The monoisotopic (exact) mass is 322 g/mol. The second-order valence-corrected chi connectivity index (χ2v) is 8.33. The number of halogens is 1. The van der Waals surface area contributed by atoms with Crippen LogP contribution in [0.1, 0.15) is 40.0 Å². The van der Waals surface area contributed by atoms with Crippen LogP contribution in [-0.4, -0.2) is 55.5 Å². The van der Waals surface area contributed by atoms with Crippen LogP contribution in [0.5, 0.6) is 0 Å². The molecule has 8 heteroatoms. The second-order valence-electron chi connectivity index (χ2n) is 6.99. The Morgan fingerprint density at radius 1 is 1.14 bits per heavy atom. The minimum absolute atomic E-state index is 0.197. The predicted octanol–water partition coefficient (Wildman–Crippen LogP) is 1.92. The standard InChI is InChI=1S/C13H23FN2O4S/c1-12(2,3)20-11(17)15-7-4-13(5-8-15)6-9-16(10-13)21(14,18)19/h4-10H2,1-3H3. The fourth-order valence-electron chi connectivity index (χ4n) is 2.98. The van der Waals surface area contributed by atoms with Gasteiger partial charge in [-0.3, -0.25) is 0 Å². The molecule has 2 saturated heterocycles. The molecule has 122 valence electrons. The molecule has 0 aromatic heterocycles. The average Bonchev–Trinajstić information content (AvgIpc) is 2.72. The molecule has 2 aliphatic rings. The number of hydrogen-bond acceptors (Lipinski definition) is 4. The van der Waals surface area contributed by atoms with Gasteiger partial charge in [0.15, 0.2) is 0 Å². The Balaban J connectivity index is 1.91. The zero-order valence-corrected chi connectivity index (χ0v) is 13.6. The summed E-state index contributed by atoms with van der Waals surface area (Å²) < 4.78 is 41.2. The summed E-state index contributed by atoms with van der Waals surface area (Å²) >= 11 is 0. The number of hydrogen-bond donors (Lipinski definition) is 0. The van der Waals surface area contributed by atoms with Gasteiger partial charge in [0.2, 0.25) is 0 Å². The molecule has 0 aliphatic carbocycles. The van der Waals surface area contributed by atoms with Crippen molar-refractivity contribution in [2.75, 3.05) is 26.2 Å². The molecule has 0 aromatic carbocycles. The predicted molar refractivity (Wildman–Crippen MR) is 75.7 cm³/mol. The van der Waals surface area contributed by atoms with Crippen molar-refractivity contribution in [2.24, 2.45) is 5.41 Å². The van der Waals surface area contributed by atoms with Crippen LogP contribution in [0.3, 0.4) is 0 Å². The van der Waals surface area contributed by atoms with Gasteiger partial charge in [-0.2, -0.15) is 12.7 Å². The van der Waals surface area contributed by atoms with E-state index in [4.69, 9.17) is 4.74 Å². The van der Waals surface area contributed by atoms with Gasteiger partial charge in [0.25, 0.3) is 0 Å². The molecule has 1 amide bonds. The summed E-state index contributed by atoms with van der Waals surface area (Å²) in [5, 5.41) is 0. The summed E-state index contributed by atoms with van der Waals surface area (Å²) in [5.41, 5.74) is -0.726. The maximum Gasteiger partial charge on any atom is 0.410 e. The van der Waals surface area contributed by atoms with Crippen molar-refractivity contribution in [3.05, 3.63) is 0 Å². The van der Waals surface area contributed by atoms with Crippen LogP contribution in [0.25, 0.3) is 0 Å². The number of rotatable bonds is 1. The van der Waals surface area contributed by atoms with Gasteiger partial charge in [-0.05, 0) is 45.4 Å². The maximum atomic E-state index is 13.0. The molecule has 2 fully saturated rings. The van der Waals surface area contributed by atoms with E-state index in [-0.39, 0.29) is 24.6 Å². The largest absolute Gasteiger partial charge is 0.444 e. The highest BCUT2D eigenvalue weighted by atomic mass is 32.3. The minimum atomic E-state index is -4.60. The van der Waals surface area contributed by atoms with Crippen molar-refractivity contribution in [2.45, 2.75) is 45.6 Å². The molecule has 0 radical (unpaired) electrons. The van der Waals surface area contributed by atoms with Crippen LogP contribution in [0, 0.1) is 5.41 Å². The van der Waals surface area contributed by atoms with E-state index in [0.717, 1.165) is 4.31 Å². The summed E-state index contributed by atoms with van der Waals surface area (Å²) in [6.45, 7) is 6.94. The Morgan fingerprint density at radius 3 is 2.10 bits per heavy atom. The number of amides is 1. The van der Waals surface area contributed by atoms with Gasteiger partial charge >= 0.3 is 16.5 Å². The molecule has 6 nitrogen and oxygen atoms in total. The van der Waals surface area contributed by atoms with Crippen molar-refractivity contribution >= 4 is 16.5 Å². The van der Waals surface area contributed by atoms with Gasteiger partial charge in [0.05, 0.1) is 0 Å². The third-order valence-corrected chi connectivity index (χ3v) is 5.12. The molecule has 0 aromatic rings. The zero-order valence-electron chi connectivity index (χ0n) is 12.8. The maximum absolute atomic E-state index is 13.0. The summed E-state index contributed by atoms with van der Waals surface area (Å²) in [5.74, 6) is 0. The van der Waals surface area contributed by atoms with E-state index in [9.17, 15) is 17.1 Å². The van der Waals surface area contributed by atoms with Gasteiger partial charge in [0, 0.05) is 26.2 Å². The van der Waals surface area contributed by atoms with Crippen LogP contribution in [-0.2, 0) is 15.1 Å². The first-order valence-corrected chi connectivity index (χ1v) is 8.53. The number of carbonyl (C=O) groups is 1. The van der Waals surface area contributed by atoms with Gasteiger partial charge in [-0.25, -0.2) is 4.79 Å². The van der Waals surface area contributed by atoms with Gasteiger partial charge < -0.3 is 9.64 Å². The molecule has 21 heavy (non-hydrogen) atoms. The highest BCUT2D eigenvalue weighted by Gasteiger charge is 2.45. The summed E-state index contributed by atoms with van der Waals surface area (Å²) in [7, 11) is -4.60. The van der Waals surface area contributed by atoms with E-state index in [1.165, 1.54) is 0 Å². The van der Waals surface area contributed by atoms with Gasteiger partial charge in [0.1, 0.15) is 5.60 Å². The number of ether oxygens (including phenoxy) is 1. The SMILES string of the molecule is CC(C)(C)OC(=O)N1CCC2(CC1)CCN(S(=O)(=O)F)C2. The fraction of sp³-hybridized carbons (Fsp3) is 0.923. The third kappa shape index (κ3) is 4.06. The number of piperidine rings is 1. The molecule has 2 heterocycles. The lowest BCUT2D eigenvalue weighted by atomic mass is 9.78. The van der Waals surface area contributed by atoms with Crippen LogP contribution in [0.4, 0.5) is 8.68 Å². The molecule has 2 rings (SSSR count). The van der Waals surface area contributed by atoms with Crippen molar-refractivity contribution in [1.29, 1.82) is 0 Å². The molecular formula is C13H23FN2O4S. The average molecular weight is 322 g/mol. The van der Waals surface area contributed by atoms with Crippen molar-refractivity contribution < 1.29 is 21.8 Å². The number of carbonyl (C=O) groups excluding carboxylic acids is 1. The zero-order chi connectivity index (χ0) is 15.9. The van der Waals surface area contributed by atoms with Crippen molar-refractivity contribution in [3.63, 3.8) is 0 Å². The first-order valence-electron chi connectivity index (χ1n) is 7.19. The summed E-state index contributed by atoms with van der Waals surface area (Å²) in [4.78, 5) is 13.6. The smallest absolute Gasteiger partial charge is 0.410 e. The van der Waals surface area contributed by atoms with Gasteiger partial charge in [-0.1, -0.05) is 3.89 Å². The molecule has 0 bridgehead atoms. The Morgan fingerprint density at radius 2 is 1.67 bits per heavy atom.